The number of allylic oxidation sites excluding steroid dienone is 1. The Morgan fingerprint density at radius 2 is 2.19 bits per heavy atom. The summed E-state index contributed by atoms with van der Waals surface area (Å²) in [5, 5.41) is 2.71. The molecule has 0 saturated carbocycles. The van der Waals surface area contributed by atoms with Gasteiger partial charge in [0.25, 0.3) is 0 Å². The topological polar surface area (TPSA) is 64.3 Å². The first-order valence-electron chi connectivity index (χ1n) is 5.97. The number of carbonyl (C=O) groups excluding carboxylic acids is 1. The molecule has 4 heteroatoms. The molecule has 1 aliphatic rings. The molecular formula is C12H22N2O2. The highest BCUT2D eigenvalue weighted by Gasteiger charge is 2.15. The highest BCUT2D eigenvalue weighted by Crippen LogP contribution is 2.13. The normalized spacial score (nSPS) is 28.0. The zero-order valence-electron chi connectivity index (χ0n) is 10.1. The quantitative estimate of drug-likeness (QED) is 0.707. The molecule has 0 aromatic heterocycles. The Labute approximate surface area is 97.2 Å². The van der Waals surface area contributed by atoms with Crippen LogP contribution in [0.2, 0.25) is 0 Å². The second-order valence-corrected chi connectivity index (χ2v) is 4.59. The molecule has 0 aromatic rings. The number of hydrogen-bond donors (Lipinski definition) is 2. The third-order valence-corrected chi connectivity index (χ3v) is 2.54. The van der Waals surface area contributed by atoms with Gasteiger partial charge < -0.3 is 15.8 Å². The first-order valence-corrected chi connectivity index (χ1v) is 5.97. The molecule has 0 aliphatic heterocycles. The maximum Gasteiger partial charge on any atom is 0.407 e. The van der Waals surface area contributed by atoms with Gasteiger partial charge in [-0.25, -0.2) is 4.79 Å². The van der Waals surface area contributed by atoms with E-state index in [9.17, 15) is 4.79 Å². The number of amides is 1. The monoisotopic (exact) mass is 226 g/mol. The first-order chi connectivity index (χ1) is 7.58. The predicted octanol–water partition coefficient (Wildman–Crippen LogP) is 1.95. The summed E-state index contributed by atoms with van der Waals surface area (Å²) in [4.78, 5) is 11.4. The first kappa shape index (κ1) is 13.0. The molecule has 0 fully saturated rings. The van der Waals surface area contributed by atoms with Gasteiger partial charge in [-0.3, -0.25) is 0 Å². The van der Waals surface area contributed by atoms with Crippen molar-refractivity contribution in [2.75, 3.05) is 0 Å². The van der Waals surface area contributed by atoms with Crippen LogP contribution in [0.3, 0.4) is 0 Å². The van der Waals surface area contributed by atoms with E-state index < -0.39 is 0 Å². The smallest absolute Gasteiger partial charge is 0.407 e. The highest BCUT2D eigenvalue weighted by molar-refractivity contribution is 5.67. The zero-order valence-corrected chi connectivity index (χ0v) is 10.1. The van der Waals surface area contributed by atoms with Gasteiger partial charge in [0.05, 0.1) is 0 Å². The number of ether oxygens (including phenoxy) is 1. The third kappa shape index (κ3) is 5.16. The van der Waals surface area contributed by atoms with Crippen LogP contribution in [0.25, 0.3) is 0 Å². The van der Waals surface area contributed by atoms with Crippen LogP contribution >= 0.6 is 0 Å². The molecular weight excluding hydrogens is 204 g/mol. The average molecular weight is 226 g/mol. The summed E-state index contributed by atoms with van der Waals surface area (Å²) >= 11 is 0. The molecule has 3 N–H and O–H groups in total. The zero-order chi connectivity index (χ0) is 12.0. The van der Waals surface area contributed by atoms with E-state index in [1.54, 1.807) is 0 Å². The lowest BCUT2D eigenvalue weighted by Crippen LogP contribution is -2.34. The van der Waals surface area contributed by atoms with Gasteiger partial charge in [0, 0.05) is 12.1 Å². The van der Waals surface area contributed by atoms with Crippen molar-refractivity contribution < 1.29 is 9.53 Å². The van der Waals surface area contributed by atoms with Crippen LogP contribution in [0.15, 0.2) is 12.2 Å². The van der Waals surface area contributed by atoms with Gasteiger partial charge >= 0.3 is 6.09 Å². The van der Waals surface area contributed by atoms with Gasteiger partial charge in [-0.05, 0) is 45.6 Å². The number of rotatable bonds is 2. The molecule has 1 aliphatic carbocycles. The second kappa shape index (κ2) is 6.53. The Balaban J connectivity index is 2.39. The largest absolute Gasteiger partial charge is 0.442 e. The number of nitrogens with one attached hydrogen (secondary N) is 1. The van der Waals surface area contributed by atoms with Crippen LogP contribution in [0.1, 0.15) is 39.5 Å². The summed E-state index contributed by atoms with van der Waals surface area (Å²) in [6, 6.07) is 0.330. The highest BCUT2D eigenvalue weighted by atomic mass is 16.6. The molecule has 92 valence electrons. The minimum absolute atomic E-state index is 0.104. The summed E-state index contributed by atoms with van der Waals surface area (Å²) in [6.07, 6.45) is 7.23. The number of nitrogens with two attached hydrogens (primary N) is 1. The van der Waals surface area contributed by atoms with E-state index in [0.29, 0.717) is 0 Å². The van der Waals surface area contributed by atoms with Crippen molar-refractivity contribution in [3.8, 4) is 0 Å². The summed E-state index contributed by atoms with van der Waals surface area (Å²) in [5.74, 6) is 0. The van der Waals surface area contributed by atoms with Crippen LogP contribution in [0.5, 0.6) is 0 Å². The molecule has 0 bridgehead atoms. The molecule has 1 amide bonds. The van der Waals surface area contributed by atoms with Gasteiger partial charge in [0.2, 0.25) is 0 Å². The average Bonchev–Trinajstić information content (AvgIpc) is 2.16. The Morgan fingerprint density at radius 3 is 2.88 bits per heavy atom. The van der Waals surface area contributed by atoms with Crippen molar-refractivity contribution in [2.24, 2.45) is 5.73 Å². The van der Waals surface area contributed by atoms with Crippen molar-refractivity contribution in [3.05, 3.63) is 12.2 Å². The Hall–Kier alpha value is -1.03. The van der Waals surface area contributed by atoms with Crippen molar-refractivity contribution in [2.45, 2.75) is 57.7 Å². The lowest BCUT2D eigenvalue weighted by Gasteiger charge is -2.20. The fourth-order valence-electron chi connectivity index (χ4n) is 1.68. The lowest BCUT2D eigenvalue weighted by molar-refractivity contribution is 0.110. The minimum Gasteiger partial charge on any atom is -0.442 e. The maximum absolute atomic E-state index is 11.4. The Kier molecular flexibility index (Phi) is 5.32. The van der Waals surface area contributed by atoms with Crippen LogP contribution < -0.4 is 11.1 Å². The van der Waals surface area contributed by atoms with Crippen molar-refractivity contribution in [3.63, 3.8) is 0 Å². The summed E-state index contributed by atoms with van der Waals surface area (Å²) in [6.45, 7) is 3.82. The third-order valence-electron chi connectivity index (χ3n) is 2.54. The molecule has 0 saturated heterocycles. The van der Waals surface area contributed by atoms with Crippen molar-refractivity contribution in [1.82, 2.24) is 5.32 Å². The van der Waals surface area contributed by atoms with E-state index in [4.69, 9.17) is 10.5 Å². The van der Waals surface area contributed by atoms with E-state index >= 15 is 0 Å². The fraction of sp³-hybridized carbons (Fsp3) is 0.750. The standard InChI is InChI=1S/C12H22N2O2/c1-9(2)14-12(15)16-11-6-4-3-5-10(13)7-8-11/h4,6,9-11H,3,5,7-8,13H2,1-2H3,(H,14,15)/b6-4+. The van der Waals surface area contributed by atoms with E-state index in [2.05, 4.69) is 5.32 Å². The predicted molar refractivity (Wildman–Crippen MR) is 64.1 cm³/mol. The van der Waals surface area contributed by atoms with Crippen molar-refractivity contribution >= 4 is 6.09 Å². The van der Waals surface area contributed by atoms with Crippen LogP contribution in [-0.2, 0) is 4.74 Å². The SMILES string of the molecule is CC(C)NC(=O)OC1/C=C/CCC(N)CC1. The molecule has 0 spiro atoms. The van der Waals surface area contributed by atoms with Crippen molar-refractivity contribution in [1.29, 1.82) is 0 Å². The number of alkyl carbamates (subject to hydrolysis) is 1. The number of hydrogen-bond acceptors (Lipinski definition) is 3. The van der Waals surface area contributed by atoms with Gasteiger partial charge in [0.1, 0.15) is 6.10 Å². The van der Waals surface area contributed by atoms with Gasteiger partial charge in [0.15, 0.2) is 0 Å². The fourth-order valence-corrected chi connectivity index (χ4v) is 1.68. The van der Waals surface area contributed by atoms with Crippen LogP contribution in [-0.4, -0.2) is 24.3 Å². The van der Waals surface area contributed by atoms with Gasteiger partial charge in [-0.15, -0.1) is 0 Å². The van der Waals surface area contributed by atoms with E-state index in [1.807, 2.05) is 26.0 Å². The molecule has 2 atom stereocenters. The molecule has 0 radical (unpaired) electrons. The van der Waals surface area contributed by atoms with E-state index in [0.717, 1.165) is 25.7 Å². The Bertz CT molecular complexity index is 251. The molecule has 4 nitrogen and oxygen atoms in total. The molecule has 2 unspecified atom stereocenters. The van der Waals surface area contributed by atoms with E-state index in [-0.39, 0.29) is 24.3 Å². The second-order valence-electron chi connectivity index (χ2n) is 4.59. The maximum atomic E-state index is 11.4. The van der Waals surface area contributed by atoms with E-state index in [1.165, 1.54) is 0 Å². The summed E-state index contributed by atoms with van der Waals surface area (Å²) in [7, 11) is 0. The molecule has 0 heterocycles. The van der Waals surface area contributed by atoms with Gasteiger partial charge in [-0.2, -0.15) is 0 Å². The summed E-state index contributed by atoms with van der Waals surface area (Å²) in [5.41, 5.74) is 5.89. The minimum atomic E-state index is -0.348. The lowest BCUT2D eigenvalue weighted by atomic mass is 10.0. The van der Waals surface area contributed by atoms with Crippen LogP contribution in [0.4, 0.5) is 4.79 Å². The van der Waals surface area contributed by atoms with Gasteiger partial charge in [-0.1, -0.05) is 6.08 Å². The molecule has 1 rings (SSSR count). The molecule has 16 heavy (non-hydrogen) atoms. The Morgan fingerprint density at radius 1 is 1.44 bits per heavy atom. The van der Waals surface area contributed by atoms with Crippen LogP contribution in [0, 0.1) is 0 Å². The molecule has 0 aromatic carbocycles. The number of carbonyl (C=O) groups is 1. The summed E-state index contributed by atoms with van der Waals surface area (Å²) < 4.78 is 5.29.